The number of para-hydroxylation sites is 2. The SMILES string of the molecule is COc1ccc(-c2nc3ccccc3n2CCCCCB(O)O)cc1OC. The molecule has 2 N–H and O–H groups in total. The van der Waals surface area contributed by atoms with Crippen LogP contribution in [0.1, 0.15) is 19.3 Å². The van der Waals surface area contributed by atoms with E-state index < -0.39 is 7.12 Å². The van der Waals surface area contributed by atoms with Crippen molar-refractivity contribution in [2.45, 2.75) is 32.1 Å². The van der Waals surface area contributed by atoms with Gasteiger partial charge in [-0.25, -0.2) is 4.98 Å². The van der Waals surface area contributed by atoms with Gasteiger partial charge in [-0.3, -0.25) is 0 Å². The summed E-state index contributed by atoms with van der Waals surface area (Å²) in [5, 5.41) is 18.0. The third-order valence-corrected chi connectivity index (χ3v) is 4.64. The zero-order chi connectivity index (χ0) is 19.2. The third kappa shape index (κ3) is 4.43. The molecule has 3 rings (SSSR count). The molecule has 2 aromatic carbocycles. The van der Waals surface area contributed by atoms with Gasteiger partial charge in [-0.1, -0.05) is 25.0 Å². The Morgan fingerprint density at radius 1 is 0.963 bits per heavy atom. The summed E-state index contributed by atoms with van der Waals surface area (Å²) in [7, 11) is 2.03. The highest BCUT2D eigenvalue weighted by Crippen LogP contribution is 2.33. The lowest BCUT2D eigenvalue weighted by Gasteiger charge is -2.12. The largest absolute Gasteiger partial charge is 0.493 e. The van der Waals surface area contributed by atoms with Crippen molar-refractivity contribution in [3.8, 4) is 22.9 Å². The van der Waals surface area contributed by atoms with Crippen molar-refractivity contribution in [2.75, 3.05) is 14.2 Å². The zero-order valence-electron chi connectivity index (χ0n) is 15.8. The normalized spacial score (nSPS) is 11.0. The number of aromatic nitrogens is 2. The maximum Gasteiger partial charge on any atom is 0.451 e. The Bertz CT molecular complexity index is 895. The Morgan fingerprint density at radius 3 is 2.48 bits per heavy atom. The average molecular weight is 368 g/mol. The minimum Gasteiger partial charge on any atom is -0.493 e. The fourth-order valence-electron chi connectivity index (χ4n) is 3.27. The van der Waals surface area contributed by atoms with Crippen molar-refractivity contribution in [1.82, 2.24) is 9.55 Å². The van der Waals surface area contributed by atoms with Crippen LogP contribution in [0.4, 0.5) is 0 Å². The Labute approximate surface area is 159 Å². The van der Waals surface area contributed by atoms with Crippen LogP contribution in [-0.4, -0.2) is 40.9 Å². The zero-order valence-corrected chi connectivity index (χ0v) is 15.8. The van der Waals surface area contributed by atoms with Gasteiger partial charge in [0.15, 0.2) is 11.5 Å². The smallest absolute Gasteiger partial charge is 0.451 e. The fourth-order valence-corrected chi connectivity index (χ4v) is 3.27. The monoisotopic (exact) mass is 368 g/mol. The molecule has 0 bridgehead atoms. The van der Waals surface area contributed by atoms with Crippen LogP contribution in [0.2, 0.25) is 6.32 Å². The van der Waals surface area contributed by atoms with Gasteiger partial charge < -0.3 is 24.1 Å². The third-order valence-electron chi connectivity index (χ3n) is 4.64. The number of benzene rings is 2. The molecule has 0 amide bonds. The van der Waals surface area contributed by atoms with Gasteiger partial charge in [-0.2, -0.15) is 0 Å². The molecule has 0 aliphatic heterocycles. The molecular formula is C20H25BN2O4. The van der Waals surface area contributed by atoms with Crippen molar-refractivity contribution >= 4 is 18.2 Å². The lowest BCUT2D eigenvalue weighted by molar-refractivity contribution is 0.355. The lowest BCUT2D eigenvalue weighted by atomic mass is 9.83. The van der Waals surface area contributed by atoms with Crippen LogP contribution in [0, 0.1) is 0 Å². The van der Waals surface area contributed by atoms with Crippen molar-refractivity contribution in [2.24, 2.45) is 0 Å². The molecule has 142 valence electrons. The Morgan fingerprint density at radius 2 is 1.74 bits per heavy atom. The number of hydrogen-bond acceptors (Lipinski definition) is 5. The highest BCUT2D eigenvalue weighted by Gasteiger charge is 2.15. The average Bonchev–Trinajstić information content (AvgIpc) is 3.05. The minimum absolute atomic E-state index is 0.410. The molecule has 3 aromatic rings. The van der Waals surface area contributed by atoms with Crippen LogP contribution in [0.5, 0.6) is 11.5 Å². The molecule has 27 heavy (non-hydrogen) atoms. The maximum absolute atomic E-state index is 8.98. The first-order chi connectivity index (χ1) is 13.1. The maximum atomic E-state index is 8.98. The molecule has 0 fully saturated rings. The van der Waals surface area contributed by atoms with Gasteiger partial charge in [0.05, 0.1) is 25.3 Å². The van der Waals surface area contributed by atoms with E-state index in [-0.39, 0.29) is 0 Å². The Hall–Kier alpha value is -2.51. The topological polar surface area (TPSA) is 76.7 Å². The summed E-state index contributed by atoms with van der Waals surface area (Å²) in [6.07, 6.45) is 3.06. The van der Waals surface area contributed by atoms with Crippen LogP contribution >= 0.6 is 0 Å². The summed E-state index contributed by atoms with van der Waals surface area (Å²) in [5.74, 6) is 2.25. The number of aryl methyl sites for hydroxylation is 1. The standard InChI is InChI=1S/C20H25BN2O4/c1-26-18-11-10-15(14-19(18)27-2)20-22-16-8-4-5-9-17(16)23(20)13-7-3-6-12-21(24)25/h4-5,8-11,14,24-25H,3,6-7,12-13H2,1-2H3. The van der Waals surface area contributed by atoms with Crippen LogP contribution in [0.15, 0.2) is 42.5 Å². The molecular weight excluding hydrogens is 343 g/mol. The van der Waals surface area contributed by atoms with Gasteiger partial charge in [0.25, 0.3) is 0 Å². The number of rotatable bonds is 9. The molecule has 6 nitrogen and oxygen atoms in total. The van der Waals surface area contributed by atoms with Crippen LogP contribution in [0.3, 0.4) is 0 Å². The summed E-state index contributed by atoms with van der Waals surface area (Å²) in [6, 6.07) is 13.9. The molecule has 0 aliphatic carbocycles. The van der Waals surface area contributed by atoms with Crippen LogP contribution in [-0.2, 0) is 6.54 Å². The van der Waals surface area contributed by atoms with E-state index >= 15 is 0 Å². The molecule has 0 unspecified atom stereocenters. The van der Waals surface area contributed by atoms with Gasteiger partial charge in [-0.05, 0) is 43.1 Å². The molecule has 0 spiro atoms. The molecule has 7 heteroatoms. The predicted octanol–water partition coefficient (Wildman–Crippen LogP) is 3.36. The highest BCUT2D eigenvalue weighted by molar-refractivity contribution is 6.40. The van der Waals surface area contributed by atoms with Gasteiger partial charge >= 0.3 is 7.12 Å². The van der Waals surface area contributed by atoms with Crippen molar-refractivity contribution in [3.63, 3.8) is 0 Å². The molecule has 0 saturated heterocycles. The summed E-state index contributed by atoms with van der Waals surface area (Å²) in [4.78, 5) is 4.83. The quantitative estimate of drug-likeness (QED) is 0.447. The van der Waals surface area contributed by atoms with E-state index in [4.69, 9.17) is 24.5 Å². The van der Waals surface area contributed by atoms with Crippen LogP contribution in [0.25, 0.3) is 22.4 Å². The van der Waals surface area contributed by atoms with E-state index in [1.807, 2.05) is 36.4 Å². The van der Waals surface area contributed by atoms with Gasteiger partial charge in [0.1, 0.15) is 5.82 Å². The number of unbranched alkanes of at least 4 members (excludes halogenated alkanes) is 2. The van der Waals surface area contributed by atoms with Crippen molar-refractivity contribution < 1.29 is 19.5 Å². The van der Waals surface area contributed by atoms with E-state index in [1.54, 1.807) is 14.2 Å². The van der Waals surface area contributed by atoms with Crippen molar-refractivity contribution in [1.29, 1.82) is 0 Å². The first-order valence-corrected chi connectivity index (χ1v) is 9.18. The van der Waals surface area contributed by atoms with Gasteiger partial charge in [-0.15, -0.1) is 0 Å². The Kier molecular flexibility index (Phi) is 6.37. The molecule has 1 heterocycles. The van der Waals surface area contributed by atoms with E-state index in [1.165, 1.54) is 0 Å². The summed E-state index contributed by atoms with van der Waals surface area (Å²) in [5.41, 5.74) is 3.01. The summed E-state index contributed by atoms with van der Waals surface area (Å²) >= 11 is 0. The number of methoxy groups -OCH3 is 2. The van der Waals surface area contributed by atoms with Gasteiger partial charge in [0, 0.05) is 12.1 Å². The number of ether oxygens (including phenoxy) is 2. The van der Waals surface area contributed by atoms with E-state index in [0.717, 1.165) is 48.2 Å². The molecule has 0 atom stereocenters. The van der Waals surface area contributed by atoms with Gasteiger partial charge in [0.2, 0.25) is 0 Å². The van der Waals surface area contributed by atoms with E-state index in [0.29, 0.717) is 17.8 Å². The fraction of sp³-hybridized carbons (Fsp3) is 0.350. The second kappa shape index (κ2) is 8.93. The van der Waals surface area contributed by atoms with Crippen LogP contribution < -0.4 is 9.47 Å². The molecule has 0 radical (unpaired) electrons. The molecule has 1 aromatic heterocycles. The number of hydrogen-bond donors (Lipinski definition) is 2. The first-order valence-electron chi connectivity index (χ1n) is 9.18. The number of nitrogens with zero attached hydrogens (tertiary/aromatic N) is 2. The van der Waals surface area contributed by atoms with E-state index in [2.05, 4.69) is 10.6 Å². The number of imidazole rings is 1. The second-order valence-electron chi connectivity index (χ2n) is 6.48. The highest BCUT2D eigenvalue weighted by atomic mass is 16.5. The van der Waals surface area contributed by atoms with Crippen molar-refractivity contribution in [3.05, 3.63) is 42.5 Å². The van der Waals surface area contributed by atoms with E-state index in [9.17, 15) is 0 Å². The lowest BCUT2D eigenvalue weighted by Crippen LogP contribution is -2.09. The number of fused-ring (bicyclic) bond motifs is 1. The minimum atomic E-state index is -1.22. The summed E-state index contributed by atoms with van der Waals surface area (Å²) < 4.78 is 13.0. The Balaban J connectivity index is 1.90. The second-order valence-corrected chi connectivity index (χ2v) is 6.48. The molecule has 0 aliphatic rings. The predicted molar refractivity (Wildman–Crippen MR) is 107 cm³/mol. The summed E-state index contributed by atoms with van der Waals surface area (Å²) in [6.45, 7) is 0.811. The molecule has 0 saturated carbocycles. The first kappa shape index (κ1) is 19.3.